The lowest BCUT2D eigenvalue weighted by Gasteiger charge is -2.35. The zero-order chi connectivity index (χ0) is 20.2. The van der Waals surface area contributed by atoms with Crippen molar-refractivity contribution in [2.75, 3.05) is 11.5 Å². The standard InChI is InChI=1S/C25H20N2O2/c26-21-13-5-11-19(23(21)28)25(20-12-6-14-22(27)24(20)29)17-9-3-1-7-15(17)16-8-2-4-10-18(16)25/h1-14,28-29H,26-27H2. The van der Waals surface area contributed by atoms with Gasteiger partial charge in [0.2, 0.25) is 0 Å². The fourth-order valence-corrected chi connectivity index (χ4v) is 4.69. The van der Waals surface area contributed by atoms with Crippen molar-refractivity contribution in [3.05, 3.63) is 107 Å². The van der Waals surface area contributed by atoms with Gasteiger partial charge >= 0.3 is 0 Å². The van der Waals surface area contributed by atoms with E-state index in [-0.39, 0.29) is 22.9 Å². The number of hydrogen-bond acceptors (Lipinski definition) is 4. The highest BCUT2D eigenvalue weighted by Gasteiger charge is 2.49. The molecule has 0 spiro atoms. The van der Waals surface area contributed by atoms with Gasteiger partial charge in [-0.1, -0.05) is 72.8 Å². The summed E-state index contributed by atoms with van der Waals surface area (Å²) < 4.78 is 0. The first-order valence-corrected chi connectivity index (χ1v) is 9.42. The number of phenolic OH excluding ortho intramolecular Hbond substituents is 2. The lowest BCUT2D eigenvalue weighted by Crippen LogP contribution is -2.29. The monoisotopic (exact) mass is 380 g/mol. The van der Waals surface area contributed by atoms with E-state index >= 15 is 0 Å². The average molecular weight is 380 g/mol. The molecule has 0 unspecified atom stereocenters. The van der Waals surface area contributed by atoms with Crippen LogP contribution >= 0.6 is 0 Å². The van der Waals surface area contributed by atoms with Crippen LogP contribution in [0.5, 0.6) is 11.5 Å². The summed E-state index contributed by atoms with van der Waals surface area (Å²) in [4.78, 5) is 0. The maximum atomic E-state index is 11.1. The topological polar surface area (TPSA) is 92.5 Å². The Bertz CT molecular complexity index is 1160. The third-order valence-corrected chi connectivity index (χ3v) is 5.89. The second kappa shape index (κ2) is 6.04. The Kier molecular flexibility index (Phi) is 3.58. The molecule has 6 N–H and O–H groups in total. The Hall–Kier alpha value is -3.92. The Morgan fingerprint density at radius 3 is 1.31 bits per heavy atom. The first kappa shape index (κ1) is 17.2. The predicted molar refractivity (Wildman–Crippen MR) is 116 cm³/mol. The summed E-state index contributed by atoms with van der Waals surface area (Å²) in [5.74, 6) is 0.00154. The van der Waals surface area contributed by atoms with Crippen LogP contribution < -0.4 is 11.5 Å². The van der Waals surface area contributed by atoms with Gasteiger partial charge < -0.3 is 21.7 Å². The summed E-state index contributed by atoms with van der Waals surface area (Å²) in [6.07, 6.45) is 0. The van der Waals surface area contributed by atoms with E-state index in [9.17, 15) is 10.2 Å². The van der Waals surface area contributed by atoms with Crippen molar-refractivity contribution in [3.8, 4) is 22.6 Å². The van der Waals surface area contributed by atoms with Crippen LogP contribution in [0.15, 0.2) is 84.9 Å². The molecule has 0 saturated carbocycles. The van der Waals surface area contributed by atoms with Gasteiger partial charge in [0.15, 0.2) is 0 Å². The van der Waals surface area contributed by atoms with Crippen LogP contribution in [0.25, 0.3) is 11.1 Å². The molecule has 0 aliphatic heterocycles. The lowest BCUT2D eigenvalue weighted by molar-refractivity contribution is 0.451. The van der Waals surface area contributed by atoms with Gasteiger partial charge in [0.05, 0.1) is 16.8 Å². The van der Waals surface area contributed by atoms with E-state index in [1.54, 1.807) is 12.1 Å². The van der Waals surface area contributed by atoms with Crippen LogP contribution in [0.1, 0.15) is 22.3 Å². The van der Waals surface area contributed by atoms with Crippen molar-refractivity contribution in [2.45, 2.75) is 5.41 Å². The second-order valence-corrected chi connectivity index (χ2v) is 7.33. The maximum Gasteiger partial charge on any atom is 0.143 e. The lowest BCUT2D eigenvalue weighted by atomic mass is 9.67. The van der Waals surface area contributed by atoms with E-state index < -0.39 is 5.41 Å². The minimum absolute atomic E-state index is 0.000769. The summed E-state index contributed by atoms with van der Waals surface area (Å²) >= 11 is 0. The normalized spacial score (nSPS) is 13.7. The number of nitrogens with two attached hydrogens (primary N) is 2. The van der Waals surface area contributed by atoms with Gasteiger partial charge in [0.1, 0.15) is 11.5 Å². The zero-order valence-corrected chi connectivity index (χ0v) is 15.6. The van der Waals surface area contributed by atoms with Gasteiger partial charge in [-0.2, -0.15) is 0 Å². The van der Waals surface area contributed by atoms with Crippen LogP contribution in [0, 0.1) is 0 Å². The number of phenols is 2. The van der Waals surface area contributed by atoms with Crippen molar-refractivity contribution in [3.63, 3.8) is 0 Å². The average Bonchev–Trinajstić information content (AvgIpc) is 3.04. The summed E-state index contributed by atoms with van der Waals surface area (Å²) in [6, 6.07) is 26.8. The number of anilines is 2. The molecule has 4 aromatic rings. The molecule has 0 radical (unpaired) electrons. The fourth-order valence-electron chi connectivity index (χ4n) is 4.69. The molecule has 0 aromatic heterocycles. The van der Waals surface area contributed by atoms with Crippen molar-refractivity contribution in [1.29, 1.82) is 0 Å². The highest BCUT2D eigenvalue weighted by Crippen LogP contribution is 2.60. The number of hydrogen-bond donors (Lipinski definition) is 4. The Morgan fingerprint density at radius 1 is 0.483 bits per heavy atom. The second-order valence-electron chi connectivity index (χ2n) is 7.33. The molecule has 5 rings (SSSR count). The van der Waals surface area contributed by atoms with Crippen LogP contribution in [-0.4, -0.2) is 10.2 Å². The summed E-state index contributed by atoms with van der Waals surface area (Å²) in [7, 11) is 0. The quantitative estimate of drug-likeness (QED) is 0.265. The number of benzene rings is 4. The third-order valence-electron chi connectivity index (χ3n) is 5.89. The first-order valence-electron chi connectivity index (χ1n) is 9.42. The van der Waals surface area contributed by atoms with Crippen molar-refractivity contribution in [1.82, 2.24) is 0 Å². The van der Waals surface area contributed by atoms with Crippen LogP contribution in [0.4, 0.5) is 11.4 Å². The number of rotatable bonds is 2. The smallest absolute Gasteiger partial charge is 0.143 e. The Morgan fingerprint density at radius 2 is 0.862 bits per heavy atom. The van der Waals surface area contributed by atoms with Gasteiger partial charge in [-0.25, -0.2) is 0 Å². The van der Waals surface area contributed by atoms with Crippen molar-refractivity contribution in [2.24, 2.45) is 0 Å². The fraction of sp³-hybridized carbons (Fsp3) is 0.0400. The molecule has 142 valence electrons. The number of nitrogen functional groups attached to an aromatic ring is 2. The van der Waals surface area contributed by atoms with E-state index in [1.165, 1.54) is 0 Å². The van der Waals surface area contributed by atoms with Crippen LogP contribution in [-0.2, 0) is 5.41 Å². The van der Waals surface area contributed by atoms with Crippen molar-refractivity contribution < 1.29 is 10.2 Å². The summed E-state index contributed by atoms with van der Waals surface area (Å²) in [5, 5.41) is 22.1. The summed E-state index contributed by atoms with van der Waals surface area (Å²) in [6.45, 7) is 0. The SMILES string of the molecule is Nc1cccc(C2(c3cccc(N)c3O)c3ccccc3-c3ccccc32)c1O. The molecule has 4 heteroatoms. The first-order chi connectivity index (χ1) is 14.1. The molecular formula is C25H20N2O2. The largest absolute Gasteiger partial charge is 0.505 e. The molecule has 0 atom stereocenters. The highest BCUT2D eigenvalue weighted by atomic mass is 16.3. The summed E-state index contributed by atoms with van der Waals surface area (Å²) in [5.41, 5.74) is 17.0. The number of para-hydroxylation sites is 2. The van der Waals surface area contributed by atoms with E-state index in [0.717, 1.165) is 22.3 Å². The molecule has 4 aromatic carbocycles. The van der Waals surface area contributed by atoms with Crippen LogP contribution in [0.3, 0.4) is 0 Å². The van der Waals surface area contributed by atoms with Gasteiger partial charge in [0, 0.05) is 11.1 Å². The highest BCUT2D eigenvalue weighted by molar-refractivity contribution is 5.88. The minimum atomic E-state index is -0.952. The van der Waals surface area contributed by atoms with Crippen molar-refractivity contribution >= 4 is 11.4 Å². The number of aromatic hydroxyl groups is 2. The Labute approximate surface area is 168 Å². The van der Waals surface area contributed by atoms with E-state index in [0.29, 0.717) is 11.1 Å². The van der Waals surface area contributed by atoms with E-state index in [2.05, 4.69) is 12.1 Å². The molecule has 29 heavy (non-hydrogen) atoms. The predicted octanol–water partition coefficient (Wildman–Crippen LogP) is 4.63. The van der Waals surface area contributed by atoms with E-state index in [1.807, 2.05) is 60.7 Å². The molecular weight excluding hydrogens is 360 g/mol. The van der Waals surface area contributed by atoms with Gasteiger partial charge in [0.25, 0.3) is 0 Å². The Balaban J connectivity index is 2.04. The molecule has 4 nitrogen and oxygen atoms in total. The van der Waals surface area contributed by atoms with Gasteiger partial charge in [-0.3, -0.25) is 0 Å². The molecule has 0 heterocycles. The zero-order valence-electron chi connectivity index (χ0n) is 15.6. The molecule has 1 aliphatic carbocycles. The molecule has 0 fully saturated rings. The van der Waals surface area contributed by atoms with Gasteiger partial charge in [-0.15, -0.1) is 0 Å². The third kappa shape index (κ3) is 2.14. The molecule has 1 aliphatic rings. The molecule has 0 amide bonds. The number of fused-ring (bicyclic) bond motifs is 3. The van der Waals surface area contributed by atoms with Crippen LogP contribution in [0.2, 0.25) is 0 Å². The maximum absolute atomic E-state index is 11.1. The molecule has 0 saturated heterocycles. The van der Waals surface area contributed by atoms with E-state index in [4.69, 9.17) is 11.5 Å². The van der Waals surface area contributed by atoms with Gasteiger partial charge in [-0.05, 0) is 34.4 Å². The molecule has 0 bridgehead atoms. The minimum Gasteiger partial charge on any atom is -0.505 e.